The van der Waals surface area contributed by atoms with Gasteiger partial charge >= 0.3 is 6.03 Å². The van der Waals surface area contributed by atoms with E-state index in [0.29, 0.717) is 28.4 Å². The van der Waals surface area contributed by atoms with Crippen molar-refractivity contribution in [3.8, 4) is 5.69 Å². The number of nitrogens with one attached hydrogen (secondary N) is 2. The number of carbonyl (C=O) groups excluding carboxylic acids is 1. The highest BCUT2D eigenvalue weighted by Crippen LogP contribution is 2.43. The van der Waals surface area contributed by atoms with Gasteiger partial charge in [0.25, 0.3) is 10.0 Å². The molecule has 5 aromatic rings. The minimum absolute atomic E-state index is 0.0141. The van der Waals surface area contributed by atoms with E-state index < -0.39 is 10.0 Å². The van der Waals surface area contributed by atoms with Gasteiger partial charge in [-0.3, -0.25) is 5.32 Å². The van der Waals surface area contributed by atoms with E-state index in [2.05, 4.69) is 47.6 Å². The van der Waals surface area contributed by atoms with Crippen LogP contribution in [0, 0.1) is 12.8 Å². The summed E-state index contributed by atoms with van der Waals surface area (Å²) >= 11 is 0. The normalized spacial score (nSPS) is 20.0. The van der Waals surface area contributed by atoms with E-state index in [9.17, 15) is 13.2 Å². The summed E-state index contributed by atoms with van der Waals surface area (Å²) in [5.41, 5.74) is 4.88. The van der Waals surface area contributed by atoms with E-state index in [1.165, 1.54) is 12.4 Å². The zero-order valence-electron chi connectivity index (χ0n) is 27.0. The molecule has 2 amide bonds. The number of urea groups is 1. The van der Waals surface area contributed by atoms with Gasteiger partial charge in [-0.1, -0.05) is 55.8 Å². The van der Waals surface area contributed by atoms with Crippen molar-refractivity contribution in [3.05, 3.63) is 89.9 Å². The summed E-state index contributed by atoms with van der Waals surface area (Å²) < 4.78 is 36.3. The third kappa shape index (κ3) is 6.15. The molecule has 0 radical (unpaired) electrons. The van der Waals surface area contributed by atoms with Gasteiger partial charge in [-0.2, -0.15) is 9.40 Å². The van der Waals surface area contributed by atoms with Crippen molar-refractivity contribution in [2.75, 3.05) is 10.6 Å². The van der Waals surface area contributed by atoms with Gasteiger partial charge in [0.1, 0.15) is 5.82 Å². The maximum atomic E-state index is 13.8. The average Bonchev–Trinajstić information content (AvgIpc) is 3.74. The van der Waals surface area contributed by atoms with Crippen LogP contribution in [0.25, 0.3) is 16.7 Å². The predicted molar refractivity (Wildman–Crippen MR) is 180 cm³/mol. The first-order valence-corrected chi connectivity index (χ1v) is 17.5. The van der Waals surface area contributed by atoms with E-state index in [1.807, 2.05) is 55.5 Å². The molecular weight excluding hydrogens is 614 g/mol. The van der Waals surface area contributed by atoms with Crippen LogP contribution in [-0.2, 0) is 21.9 Å². The molecule has 0 saturated carbocycles. The standard InChI is InChI=1S/C35H39N7O4S/c1-22-8-10-26(11-9-22)41-32(20-31(40-41)35(2,3)4)39-34(43)38-25-7-5-6-23(17-25)16-24-18-27-12-13-28(19-24)42(27)47(44,45)33-29-21-37-46-30(29)14-15-36-33/h5-11,14-15,17,20-21,24,27-28H,12-13,16,18-19H2,1-4H3,(H2,38,39,43). The minimum Gasteiger partial charge on any atom is -0.356 e. The molecule has 244 valence electrons. The molecule has 12 heteroatoms. The van der Waals surface area contributed by atoms with Gasteiger partial charge in [0, 0.05) is 41.5 Å². The molecule has 2 unspecified atom stereocenters. The molecule has 2 bridgehead atoms. The minimum atomic E-state index is -3.80. The Morgan fingerprint density at radius 1 is 1.00 bits per heavy atom. The summed E-state index contributed by atoms with van der Waals surface area (Å²) in [6, 6.07) is 18.9. The number of piperidine rings is 1. The molecule has 5 heterocycles. The Bertz CT molecular complexity index is 2030. The molecule has 2 saturated heterocycles. The van der Waals surface area contributed by atoms with Crippen LogP contribution in [0.5, 0.6) is 0 Å². The van der Waals surface area contributed by atoms with Crippen molar-refractivity contribution in [1.29, 1.82) is 0 Å². The van der Waals surface area contributed by atoms with Crippen LogP contribution in [0.2, 0.25) is 0 Å². The second kappa shape index (κ2) is 11.9. The van der Waals surface area contributed by atoms with Crippen molar-refractivity contribution in [2.24, 2.45) is 5.92 Å². The first kappa shape index (κ1) is 31.1. The number of benzene rings is 2. The van der Waals surface area contributed by atoms with Crippen LogP contribution in [0.15, 0.2) is 82.6 Å². The fourth-order valence-corrected chi connectivity index (χ4v) is 8.98. The molecule has 2 aliphatic rings. The number of fused-ring (bicyclic) bond motifs is 3. The predicted octanol–water partition coefficient (Wildman–Crippen LogP) is 6.83. The number of carbonyl (C=O) groups is 1. The number of anilines is 2. The number of hydrogen-bond acceptors (Lipinski definition) is 7. The highest BCUT2D eigenvalue weighted by Gasteiger charge is 2.48. The Labute approximate surface area is 274 Å². The van der Waals surface area contributed by atoms with Crippen molar-refractivity contribution in [3.63, 3.8) is 0 Å². The maximum Gasteiger partial charge on any atom is 0.324 e. The summed E-state index contributed by atoms with van der Waals surface area (Å²) in [6.45, 7) is 8.31. The van der Waals surface area contributed by atoms with Crippen LogP contribution in [-0.4, -0.2) is 50.8 Å². The molecule has 0 spiro atoms. The monoisotopic (exact) mass is 653 g/mol. The quantitative estimate of drug-likeness (QED) is 0.197. The van der Waals surface area contributed by atoms with Gasteiger partial charge in [-0.25, -0.2) is 22.9 Å². The van der Waals surface area contributed by atoms with Crippen LogP contribution < -0.4 is 10.6 Å². The Balaban J connectivity index is 1.03. The largest absolute Gasteiger partial charge is 0.356 e. The maximum absolute atomic E-state index is 13.8. The first-order valence-electron chi connectivity index (χ1n) is 16.0. The summed E-state index contributed by atoms with van der Waals surface area (Å²) in [5.74, 6) is 0.905. The molecular formula is C35H39N7O4S. The number of rotatable bonds is 7. The highest BCUT2D eigenvalue weighted by atomic mass is 32.2. The molecule has 11 nitrogen and oxygen atoms in total. The zero-order chi connectivity index (χ0) is 32.9. The number of pyridine rings is 1. The van der Waals surface area contributed by atoms with Gasteiger partial charge in [0.05, 0.1) is 23.0 Å². The number of amides is 2. The molecule has 2 fully saturated rings. The molecule has 47 heavy (non-hydrogen) atoms. The smallest absolute Gasteiger partial charge is 0.324 e. The van der Waals surface area contributed by atoms with Crippen LogP contribution in [0.1, 0.15) is 63.3 Å². The second-order valence-electron chi connectivity index (χ2n) is 13.8. The molecule has 2 aromatic carbocycles. The number of aromatic nitrogens is 4. The van der Waals surface area contributed by atoms with Crippen molar-refractivity contribution < 1.29 is 17.7 Å². The molecule has 7 rings (SSSR count). The lowest BCUT2D eigenvalue weighted by atomic mass is 9.87. The first-order chi connectivity index (χ1) is 22.5. The highest BCUT2D eigenvalue weighted by molar-refractivity contribution is 7.89. The summed E-state index contributed by atoms with van der Waals surface area (Å²) in [7, 11) is -3.80. The summed E-state index contributed by atoms with van der Waals surface area (Å²) in [5, 5.41) is 15.0. The fourth-order valence-electron chi connectivity index (χ4n) is 6.99. The fraction of sp³-hybridized carbons (Fsp3) is 0.371. The van der Waals surface area contributed by atoms with Crippen LogP contribution >= 0.6 is 0 Å². The third-order valence-corrected chi connectivity index (χ3v) is 11.2. The Morgan fingerprint density at radius 3 is 2.47 bits per heavy atom. The van der Waals surface area contributed by atoms with E-state index in [1.54, 1.807) is 15.1 Å². The van der Waals surface area contributed by atoms with E-state index in [-0.39, 0.29) is 28.6 Å². The number of nitrogens with zero attached hydrogens (tertiary/aromatic N) is 5. The summed E-state index contributed by atoms with van der Waals surface area (Å²) in [6.07, 6.45) is 6.88. The van der Waals surface area contributed by atoms with Crippen LogP contribution in [0.3, 0.4) is 0 Å². The van der Waals surface area contributed by atoms with Crippen molar-refractivity contribution in [1.82, 2.24) is 24.2 Å². The molecule has 3 aromatic heterocycles. The van der Waals surface area contributed by atoms with E-state index >= 15 is 0 Å². The summed E-state index contributed by atoms with van der Waals surface area (Å²) in [4.78, 5) is 17.5. The van der Waals surface area contributed by atoms with Crippen molar-refractivity contribution in [2.45, 2.75) is 82.3 Å². The number of hydrogen-bond donors (Lipinski definition) is 2. The average molecular weight is 654 g/mol. The lowest BCUT2D eigenvalue weighted by Gasteiger charge is -2.37. The third-order valence-electron chi connectivity index (χ3n) is 9.24. The van der Waals surface area contributed by atoms with Gasteiger partial charge < -0.3 is 9.84 Å². The van der Waals surface area contributed by atoms with Gasteiger partial charge in [-0.05, 0) is 74.8 Å². The van der Waals surface area contributed by atoms with E-state index in [0.717, 1.165) is 54.6 Å². The molecule has 0 aliphatic carbocycles. The van der Waals surface area contributed by atoms with Gasteiger partial charge in [0.15, 0.2) is 10.6 Å². The second-order valence-corrected chi connectivity index (χ2v) is 15.6. The Hall–Kier alpha value is -4.55. The SMILES string of the molecule is Cc1ccc(-n2nc(C(C)(C)C)cc2NC(=O)Nc2cccc(CC3CC4CCC(C3)N4S(=O)(=O)c3nccc4oncc34)c2)cc1. The molecule has 2 atom stereocenters. The lowest BCUT2D eigenvalue weighted by molar-refractivity contribution is 0.190. The van der Waals surface area contributed by atoms with E-state index in [4.69, 9.17) is 9.62 Å². The van der Waals surface area contributed by atoms with Gasteiger partial charge in [0.2, 0.25) is 0 Å². The molecule has 2 N–H and O–H groups in total. The number of aryl methyl sites for hydroxylation is 1. The van der Waals surface area contributed by atoms with Crippen LogP contribution in [0.4, 0.5) is 16.3 Å². The Morgan fingerprint density at radius 2 is 1.74 bits per heavy atom. The Kier molecular flexibility index (Phi) is 7.88. The van der Waals surface area contributed by atoms with Gasteiger partial charge in [-0.15, -0.1) is 0 Å². The zero-order valence-corrected chi connectivity index (χ0v) is 27.8. The topological polar surface area (TPSA) is 135 Å². The lowest BCUT2D eigenvalue weighted by Crippen LogP contribution is -2.47. The number of sulfonamides is 1. The van der Waals surface area contributed by atoms with Crippen molar-refractivity contribution >= 4 is 38.5 Å². The molecule has 2 aliphatic heterocycles.